The number of fused-ring (bicyclic) bond motifs is 1. The number of nitrogens with zero attached hydrogens (tertiary/aromatic N) is 1. The molecule has 1 heterocycles. The van der Waals surface area contributed by atoms with E-state index in [0.29, 0.717) is 12.6 Å². The third-order valence-corrected chi connectivity index (χ3v) is 3.56. The van der Waals surface area contributed by atoms with E-state index in [1.54, 1.807) is 0 Å². The SMILES string of the molecule is Cc1ccc2c(c1)NC(=O)CN2C1CCC1. The number of amides is 1. The molecule has 1 aliphatic heterocycles. The van der Waals surface area contributed by atoms with Gasteiger partial charge in [0.15, 0.2) is 0 Å². The molecule has 2 aliphatic rings. The van der Waals surface area contributed by atoms with Crippen LogP contribution in [0.5, 0.6) is 0 Å². The van der Waals surface area contributed by atoms with Gasteiger partial charge in [-0.1, -0.05) is 6.07 Å². The largest absolute Gasteiger partial charge is 0.358 e. The van der Waals surface area contributed by atoms with Crippen molar-refractivity contribution in [2.24, 2.45) is 0 Å². The molecule has 0 bridgehead atoms. The van der Waals surface area contributed by atoms with Crippen LogP contribution in [0.1, 0.15) is 24.8 Å². The molecule has 0 spiro atoms. The molecule has 1 saturated carbocycles. The minimum Gasteiger partial charge on any atom is -0.358 e. The molecular formula is C13H16N2O. The number of rotatable bonds is 1. The van der Waals surface area contributed by atoms with Gasteiger partial charge in [-0.3, -0.25) is 4.79 Å². The third kappa shape index (κ3) is 1.47. The Labute approximate surface area is 95.4 Å². The topological polar surface area (TPSA) is 32.3 Å². The first-order chi connectivity index (χ1) is 7.74. The lowest BCUT2D eigenvalue weighted by atomic mass is 9.90. The molecule has 0 saturated heterocycles. The van der Waals surface area contributed by atoms with E-state index in [-0.39, 0.29) is 5.91 Å². The molecule has 0 unspecified atom stereocenters. The van der Waals surface area contributed by atoms with Gasteiger partial charge in [0, 0.05) is 6.04 Å². The first kappa shape index (κ1) is 9.70. The number of hydrogen-bond acceptors (Lipinski definition) is 2. The molecule has 1 aromatic carbocycles. The van der Waals surface area contributed by atoms with Crippen LogP contribution in [0.4, 0.5) is 11.4 Å². The molecule has 3 nitrogen and oxygen atoms in total. The zero-order valence-electron chi connectivity index (χ0n) is 9.49. The molecule has 1 N–H and O–H groups in total. The Balaban J connectivity index is 2.00. The fraction of sp³-hybridized carbons (Fsp3) is 0.462. The summed E-state index contributed by atoms with van der Waals surface area (Å²) in [6.07, 6.45) is 3.74. The maximum atomic E-state index is 11.6. The molecule has 1 amide bonds. The predicted octanol–water partition coefficient (Wildman–Crippen LogP) is 2.31. The van der Waals surface area contributed by atoms with Gasteiger partial charge in [0.1, 0.15) is 0 Å². The quantitative estimate of drug-likeness (QED) is 0.781. The molecule has 1 aliphatic carbocycles. The van der Waals surface area contributed by atoms with Gasteiger partial charge in [0.2, 0.25) is 5.91 Å². The zero-order chi connectivity index (χ0) is 11.1. The minimum absolute atomic E-state index is 0.116. The molecule has 3 heteroatoms. The Morgan fingerprint density at radius 1 is 1.38 bits per heavy atom. The number of carbonyl (C=O) groups excluding carboxylic acids is 1. The van der Waals surface area contributed by atoms with Crippen LogP contribution in [0.3, 0.4) is 0 Å². The Hall–Kier alpha value is -1.51. The standard InChI is InChI=1S/C13H16N2O/c1-9-5-6-12-11(7-9)14-13(16)8-15(12)10-3-2-4-10/h5-7,10H,2-4,8H2,1H3,(H,14,16). The van der Waals surface area contributed by atoms with E-state index in [1.807, 2.05) is 0 Å². The van der Waals surface area contributed by atoms with Gasteiger partial charge in [-0.15, -0.1) is 0 Å². The monoisotopic (exact) mass is 216 g/mol. The van der Waals surface area contributed by atoms with Crippen molar-refractivity contribution in [3.8, 4) is 0 Å². The van der Waals surface area contributed by atoms with Crippen LogP contribution in [0, 0.1) is 6.92 Å². The van der Waals surface area contributed by atoms with Crippen molar-refractivity contribution in [1.29, 1.82) is 0 Å². The van der Waals surface area contributed by atoms with Gasteiger partial charge in [-0.05, 0) is 43.9 Å². The second kappa shape index (κ2) is 3.51. The summed E-state index contributed by atoms with van der Waals surface area (Å²) in [4.78, 5) is 13.9. The van der Waals surface area contributed by atoms with Crippen LogP contribution < -0.4 is 10.2 Å². The van der Waals surface area contributed by atoms with Gasteiger partial charge in [-0.2, -0.15) is 0 Å². The van der Waals surface area contributed by atoms with Crippen LogP contribution in [-0.4, -0.2) is 18.5 Å². The van der Waals surface area contributed by atoms with E-state index < -0.39 is 0 Å². The first-order valence-corrected chi connectivity index (χ1v) is 5.91. The van der Waals surface area contributed by atoms with Crippen molar-refractivity contribution < 1.29 is 4.79 Å². The van der Waals surface area contributed by atoms with Crippen LogP contribution >= 0.6 is 0 Å². The number of anilines is 2. The highest BCUT2D eigenvalue weighted by Gasteiger charge is 2.31. The Morgan fingerprint density at radius 3 is 2.88 bits per heavy atom. The smallest absolute Gasteiger partial charge is 0.243 e. The van der Waals surface area contributed by atoms with Crippen LogP contribution in [0.25, 0.3) is 0 Å². The fourth-order valence-corrected chi connectivity index (χ4v) is 2.45. The highest BCUT2D eigenvalue weighted by Crippen LogP contribution is 2.36. The molecular weight excluding hydrogens is 200 g/mol. The van der Waals surface area contributed by atoms with Gasteiger partial charge < -0.3 is 10.2 Å². The number of aryl methyl sites for hydroxylation is 1. The van der Waals surface area contributed by atoms with Crippen molar-refractivity contribution in [1.82, 2.24) is 0 Å². The second-order valence-electron chi connectivity index (χ2n) is 4.78. The van der Waals surface area contributed by atoms with Crippen molar-refractivity contribution in [3.05, 3.63) is 23.8 Å². The number of carbonyl (C=O) groups is 1. The maximum Gasteiger partial charge on any atom is 0.243 e. The summed E-state index contributed by atoms with van der Waals surface area (Å²) in [7, 11) is 0. The molecule has 1 aromatic rings. The first-order valence-electron chi connectivity index (χ1n) is 5.91. The second-order valence-corrected chi connectivity index (χ2v) is 4.78. The number of nitrogens with one attached hydrogen (secondary N) is 1. The van der Waals surface area contributed by atoms with Gasteiger partial charge >= 0.3 is 0 Å². The predicted molar refractivity (Wildman–Crippen MR) is 64.8 cm³/mol. The zero-order valence-corrected chi connectivity index (χ0v) is 9.49. The van der Waals surface area contributed by atoms with E-state index in [9.17, 15) is 4.79 Å². The third-order valence-electron chi connectivity index (χ3n) is 3.56. The fourth-order valence-electron chi connectivity index (χ4n) is 2.45. The minimum atomic E-state index is 0.116. The summed E-state index contributed by atoms with van der Waals surface area (Å²) < 4.78 is 0. The summed E-state index contributed by atoms with van der Waals surface area (Å²) in [6, 6.07) is 6.87. The molecule has 84 valence electrons. The van der Waals surface area contributed by atoms with E-state index >= 15 is 0 Å². The Bertz CT molecular complexity index is 438. The van der Waals surface area contributed by atoms with Crippen LogP contribution in [0.2, 0.25) is 0 Å². The van der Waals surface area contributed by atoms with E-state index in [4.69, 9.17) is 0 Å². The van der Waals surface area contributed by atoms with Crippen molar-refractivity contribution in [3.63, 3.8) is 0 Å². The van der Waals surface area contributed by atoms with Crippen LogP contribution in [-0.2, 0) is 4.79 Å². The van der Waals surface area contributed by atoms with E-state index in [0.717, 1.165) is 5.69 Å². The summed E-state index contributed by atoms with van der Waals surface area (Å²) >= 11 is 0. The molecule has 0 radical (unpaired) electrons. The Kier molecular flexibility index (Phi) is 2.13. The van der Waals surface area contributed by atoms with Crippen molar-refractivity contribution >= 4 is 17.3 Å². The van der Waals surface area contributed by atoms with Gasteiger partial charge in [0.25, 0.3) is 0 Å². The Morgan fingerprint density at radius 2 is 2.19 bits per heavy atom. The summed E-state index contributed by atoms with van der Waals surface area (Å²) in [5.74, 6) is 0.116. The highest BCUT2D eigenvalue weighted by molar-refractivity contribution is 6.01. The molecule has 3 rings (SSSR count). The molecule has 0 aromatic heterocycles. The lowest BCUT2D eigenvalue weighted by Crippen LogP contribution is -2.47. The normalized spacial score (nSPS) is 20.1. The molecule has 1 fully saturated rings. The summed E-state index contributed by atoms with van der Waals surface area (Å²) in [6.45, 7) is 2.56. The van der Waals surface area contributed by atoms with Gasteiger partial charge in [0.05, 0.1) is 17.9 Å². The average molecular weight is 216 g/mol. The lowest BCUT2D eigenvalue weighted by Gasteiger charge is -2.41. The van der Waals surface area contributed by atoms with Crippen molar-refractivity contribution in [2.75, 3.05) is 16.8 Å². The average Bonchev–Trinajstić information content (AvgIpc) is 2.13. The molecule has 16 heavy (non-hydrogen) atoms. The maximum absolute atomic E-state index is 11.6. The van der Waals surface area contributed by atoms with E-state index in [2.05, 4.69) is 35.3 Å². The van der Waals surface area contributed by atoms with Crippen LogP contribution in [0.15, 0.2) is 18.2 Å². The highest BCUT2D eigenvalue weighted by atomic mass is 16.2. The van der Waals surface area contributed by atoms with Crippen molar-refractivity contribution in [2.45, 2.75) is 32.2 Å². The number of benzene rings is 1. The summed E-state index contributed by atoms with van der Waals surface area (Å²) in [5.41, 5.74) is 3.35. The number of hydrogen-bond donors (Lipinski definition) is 1. The van der Waals surface area contributed by atoms with Gasteiger partial charge in [-0.25, -0.2) is 0 Å². The summed E-state index contributed by atoms with van der Waals surface area (Å²) in [5, 5.41) is 2.95. The molecule has 0 atom stereocenters. The lowest BCUT2D eigenvalue weighted by molar-refractivity contribution is -0.115. The van der Waals surface area contributed by atoms with E-state index in [1.165, 1.54) is 30.5 Å².